The molecule has 1 aromatic carbocycles. The van der Waals surface area contributed by atoms with Gasteiger partial charge in [-0.15, -0.1) is 0 Å². The van der Waals surface area contributed by atoms with E-state index in [0.29, 0.717) is 17.1 Å². The number of carbonyl (C=O) groups is 1. The first kappa shape index (κ1) is 20.2. The lowest BCUT2D eigenvalue weighted by molar-refractivity contribution is -0.120. The Kier molecular flexibility index (Phi) is 6.33. The molecule has 29 heavy (non-hydrogen) atoms. The van der Waals surface area contributed by atoms with Crippen molar-refractivity contribution in [2.24, 2.45) is 0 Å². The highest BCUT2D eigenvalue weighted by atomic mass is 19.1. The summed E-state index contributed by atoms with van der Waals surface area (Å²) in [6.45, 7) is 0.235. The van der Waals surface area contributed by atoms with Crippen molar-refractivity contribution in [2.45, 2.75) is 13.0 Å². The minimum Gasteiger partial charge on any atom is -0.494 e. The molecule has 0 saturated carbocycles. The van der Waals surface area contributed by atoms with Gasteiger partial charge in [0.15, 0.2) is 17.4 Å². The summed E-state index contributed by atoms with van der Waals surface area (Å²) in [5.41, 5.74) is 2.07. The van der Waals surface area contributed by atoms with Gasteiger partial charge < -0.3 is 15.0 Å². The third-order valence-corrected chi connectivity index (χ3v) is 4.21. The number of rotatable bonds is 7. The fraction of sp³-hybridized carbons (Fsp3) is 0.238. The number of methoxy groups -OCH3 is 1. The number of ether oxygens (including phenoxy) is 1. The molecule has 0 spiro atoms. The molecule has 8 heteroatoms. The molecule has 0 fully saturated rings. The molecule has 0 aliphatic carbocycles. The standard InChI is InChI=1S/C21H22FN5O2/c1-27(2)19-12-16(25-21(26-19)15-6-8-23-9-7-15)13-24-20(28)11-14-4-5-18(29-3)17(22)10-14/h4-10,12H,11,13H2,1-3H3,(H,24,28). The summed E-state index contributed by atoms with van der Waals surface area (Å²) in [5, 5.41) is 2.83. The van der Waals surface area contributed by atoms with Crippen LogP contribution in [0.25, 0.3) is 11.4 Å². The SMILES string of the molecule is COc1ccc(CC(=O)NCc2cc(N(C)C)nc(-c3ccncc3)n2)cc1F. The van der Waals surface area contributed by atoms with Crippen molar-refractivity contribution in [3.8, 4) is 17.1 Å². The van der Waals surface area contributed by atoms with E-state index in [1.807, 2.05) is 37.2 Å². The van der Waals surface area contributed by atoms with Crippen molar-refractivity contribution < 1.29 is 13.9 Å². The van der Waals surface area contributed by atoms with Crippen LogP contribution < -0.4 is 15.0 Å². The number of nitrogens with one attached hydrogen (secondary N) is 1. The van der Waals surface area contributed by atoms with Crippen LogP contribution >= 0.6 is 0 Å². The molecule has 2 heterocycles. The highest BCUT2D eigenvalue weighted by molar-refractivity contribution is 5.78. The fourth-order valence-electron chi connectivity index (χ4n) is 2.69. The summed E-state index contributed by atoms with van der Waals surface area (Å²) < 4.78 is 18.7. The molecular weight excluding hydrogens is 373 g/mol. The normalized spacial score (nSPS) is 10.5. The van der Waals surface area contributed by atoms with Crippen molar-refractivity contribution in [1.29, 1.82) is 0 Å². The molecule has 0 bridgehead atoms. The summed E-state index contributed by atoms with van der Waals surface area (Å²) >= 11 is 0. The average molecular weight is 395 g/mol. The van der Waals surface area contributed by atoms with Crippen molar-refractivity contribution in [3.05, 3.63) is 65.9 Å². The first-order valence-corrected chi connectivity index (χ1v) is 9.01. The van der Waals surface area contributed by atoms with E-state index in [1.54, 1.807) is 18.5 Å². The third-order valence-electron chi connectivity index (χ3n) is 4.21. The molecule has 3 aromatic rings. The largest absolute Gasteiger partial charge is 0.494 e. The lowest BCUT2D eigenvalue weighted by Gasteiger charge is -2.14. The van der Waals surface area contributed by atoms with Crippen LogP contribution in [-0.4, -0.2) is 42.1 Å². The minimum atomic E-state index is -0.494. The molecule has 0 aliphatic rings. The maximum Gasteiger partial charge on any atom is 0.224 e. The van der Waals surface area contributed by atoms with Crippen LogP contribution in [-0.2, 0) is 17.8 Å². The second-order valence-corrected chi connectivity index (χ2v) is 6.59. The van der Waals surface area contributed by atoms with E-state index in [4.69, 9.17) is 4.74 Å². The topological polar surface area (TPSA) is 80.2 Å². The van der Waals surface area contributed by atoms with Gasteiger partial charge in [-0.05, 0) is 29.8 Å². The van der Waals surface area contributed by atoms with E-state index in [1.165, 1.54) is 19.2 Å². The molecule has 150 valence electrons. The van der Waals surface area contributed by atoms with Crippen LogP contribution in [0.1, 0.15) is 11.3 Å². The van der Waals surface area contributed by atoms with Gasteiger partial charge in [0.25, 0.3) is 0 Å². The van der Waals surface area contributed by atoms with Gasteiger partial charge in [-0.3, -0.25) is 9.78 Å². The van der Waals surface area contributed by atoms with Gasteiger partial charge in [0.05, 0.1) is 25.8 Å². The Morgan fingerprint density at radius 3 is 2.55 bits per heavy atom. The van der Waals surface area contributed by atoms with Crippen LogP contribution in [0.3, 0.4) is 0 Å². The molecule has 0 unspecified atom stereocenters. The van der Waals surface area contributed by atoms with E-state index < -0.39 is 5.82 Å². The lowest BCUT2D eigenvalue weighted by Crippen LogP contribution is -2.25. The molecule has 7 nitrogen and oxygen atoms in total. The second kappa shape index (κ2) is 9.09. The van der Waals surface area contributed by atoms with Crippen molar-refractivity contribution in [3.63, 3.8) is 0 Å². The number of halogens is 1. The zero-order valence-corrected chi connectivity index (χ0v) is 16.5. The van der Waals surface area contributed by atoms with Crippen molar-refractivity contribution in [1.82, 2.24) is 20.3 Å². The number of pyridine rings is 1. The smallest absolute Gasteiger partial charge is 0.224 e. The summed E-state index contributed by atoms with van der Waals surface area (Å²) in [7, 11) is 5.17. The number of aromatic nitrogens is 3. The quantitative estimate of drug-likeness (QED) is 0.662. The van der Waals surface area contributed by atoms with Crippen LogP contribution in [0.4, 0.5) is 10.2 Å². The van der Waals surface area contributed by atoms with E-state index in [9.17, 15) is 9.18 Å². The lowest BCUT2D eigenvalue weighted by atomic mass is 10.1. The number of nitrogens with zero attached hydrogens (tertiary/aromatic N) is 4. The summed E-state index contributed by atoms with van der Waals surface area (Å²) in [5.74, 6) is 0.708. The molecule has 0 aliphatic heterocycles. The van der Waals surface area contributed by atoms with E-state index in [2.05, 4.69) is 20.3 Å². The summed E-state index contributed by atoms with van der Waals surface area (Å²) in [6, 6.07) is 9.95. The molecule has 1 N–H and O–H groups in total. The minimum absolute atomic E-state index is 0.0593. The van der Waals surface area contributed by atoms with Gasteiger partial charge in [-0.1, -0.05) is 6.07 Å². The number of benzene rings is 1. The first-order valence-electron chi connectivity index (χ1n) is 9.01. The number of hydrogen-bond donors (Lipinski definition) is 1. The number of hydrogen-bond acceptors (Lipinski definition) is 6. The predicted octanol–water partition coefficient (Wildman–Crippen LogP) is 2.61. The predicted molar refractivity (Wildman–Crippen MR) is 108 cm³/mol. The Hall–Kier alpha value is -3.55. The monoisotopic (exact) mass is 395 g/mol. The van der Waals surface area contributed by atoms with Gasteiger partial charge in [0, 0.05) is 38.1 Å². The summed E-state index contributed by atoms with van der Waals surface area (Å²) in [4.78, 5) is 27.3. The van der Waals surface area contributed by atoms with E-state index >= 15 is 0 Å². The fourth-order valence-corrected chi connectivity index (χ4v) is 2.69. The van der Waals surface area contributed by atoms with E-state index in [0.717, 1.165) is 11.4 Å². The van der Waals surface area contributed by atoms with Crippen LogP contribution in [0.15, 0.2) is 48.8 Å². The molecule has 0 radical (unpaired) electrons. The van der Waals surface area contributed by atoms with Crippen LogP contribution in [0.2, 0.25) is 0 Å². The zero-order chi connectivity index (χ0) is 20.8. The van der Waals surface area contributed by atoms with Crippen molar-refractivity contribution in [2.75, 3.05) is 26.1 Å². The van der Waals surface area contributed by atoms with E-state index in [-0.39, 0.29) is 24.6 Å². The zero-order valence-electron chi connectivity index (χ0n) is 16.5. The van der Waals surface area contributed by atoms with Gasteiger partial charge in [-0.2, -0.15) is 0 Å². The van der Waals surface area contributed by atoms with Crippen molar-refractivity contribution >= 4 is 11.7 Å². The Morgan fingerprint density at radius 2 is 1.90 bits per heavy atom. The molecular formula is C21H22FN5O2. The average Bonchev–Trinajstić information content (AvgIpc) is 2.73. The van der Waals surface area contributed by atoms with Gasteiger partial charge in [0.2, 0.25) is 5.91 Å². The molecule has 2 aromatic heterocycles. The Balaban J connectivity index is 1.71. The maximum absolute atomic E-state index is 13.8. The molecule has 0 saturated heterocycles. The second-order valence-electron chi connectivity index (χ2n) is 6.59. The number of anilines is 1. The van der Waals surface area contributed by atoms with Gasteiger partial charge in [-0.25, -0.2) is 14.4 Å². The number of carbonyl (C=O) groups excluding carboxylic acids is 1. The highest BCUT2D eigenvalue weighted by Crippen LogP contribution is 2.19. The number of amides is 1. The molecule has 1 amide bonds. The van der Waals surface area contributed by atoms with Gasteiger partial charge in [0.1, 0.15) is 5.82 Å². The Morgan fingerprint density at radius 1 is 1.14 bits per heavy atom. The summed E-state index contributed by atoms with van der Waals surface area (Å²) in [6.07, 6.45) is 3.41. The first-order chi connectivity index (χ1) is 14.0. The van der Waals surface area contributed by atoms with Gasteiger partial charge >= 0.3 is 0 Å². The Bertz CT molecular complexity index is 996. The molecule has 0 atom stereocenters. The third kappa shape index (κ3) is 5.25. The maximum atomic E-state index is 13.8. The van der Waals surface area contributed by atoms with Crippen LogP contribution in [0.5, 0.6) is 5.75 Å². The molecule has 3 rings (SSSR count). The Labute approximate surface area is 168 Å². The highest BCUT2D eigenvalue weighted by Gasteiger charge is 2.11. The van der Waals surface area contributed by atoms with Crippen LogP contribution in [0, 0.1) is 5.82 Å².